The molecule has 1 saturated carbocycles. The predicted molar refractivity (Wildman–Crippen MR) is 81.0 cm³/mol. The van der Waals surface area contributed by atoms with Crippen molar-refractivity contribution in [2.45, 2.75) is 32.2 Å². The van der Waals surface area contributed by atoms with Crippen LogP contribution in [-0.4, -0.2) is 29.9 Å². The minimum Gasteiger partial charge on any atom is -0.336 e. The highest BCUT2D eigenvalue weighted by molar-refractivity contribution is 9.10. The normalized spacial score (nSPS) is 22.0. The molecule has 1 fully saturated rings. The molecule has 2 unspecified atom stereocenters. The van der Waals surface area contributed by atoms with Gasteiger partial charge in [0.15, 0.2) is 0 Å². The number of carbonyl (C=O) groups excluding carboxylic acids is 1. The van der Waals surface area contributed by atoms with Gasteiger partial charge in [0.05, 0.1) is 4.47 Å². The lowest BCUT2D eigenvalue weighted by Crippen LogP contribution is -2.44. The fourth-order valence-electron chi connectivity index (χ4n) is 3.03. The summed E-state index contributed by atoms with van der Waals surface area (Å²) in [5, 5.41) is 0. The summed E-state index contributed by atoms with van der Waals surface area (Å²) < 4.78 is 14.0. The molecule has 1 aromatic rings. The number of hydrogen-bond donors (Lipinski definition) is 1. The monoisotopic (exact) mass is 342 g/mol. The van der Waals surface area contributed by atoms with Crippen LogP contribution in [0.15, 0.2) is 22.7 Å². The molecule has 0 aliphatic heterocycles. The number of benzene rings is 1. The zero-order valence-corrected chi connectivity index (χ0v) is 13.2. The summed E-state index contributed by atoms with van der Waals surface area (Å²) in [5.41, 5.74) is 6.19. The van der Waals surface area contributed by atoms with Gasteiger partial charge in [0.25, 0.3) is 5.91 Å². The Balaban J connectivity index is 2.22. The number of hydrogen-bond acceptors (Lipinski definition) is 2. The number of nitrogens with two attached hydrogens (primary N) is 1. The van der Waals surface area contributed by atoms with Gasteiger partial charge in [-0.05, 0) is 66.4 Å². The lowest BCUT2D eigenvalue weighted by atomic mass is 10.0. The van der Waals surface area contributed by atoms with Gasteiger partial charge >= 0.3 is 0 Å². The molecule has 0 heterocycles. The van der Waals surface area contributed by atoms with E-state index in [0.717, 1.165) is 19.3 Å². The zero-order valence-electron chi connectivity index (χ0n) is 11.6. The second-order valence-corrected chi connectivity index (χ2v) is 6.07. The van der Waals surface area contributed by atoms with E-state index in [-0.39, 0.29) is 11.9 Å². The number of halogens is 2. The molecule has 1 aromatic carbocycles. The Hall–Kier alpha value is -0.940. The summed E-state index contributed by atoms with van der Waals surface area (Å²) in [5.74, 6) is -0.155. The van der Waals surface area contributed by atoms with Gasteiger partial charge in [-0.3, -0.25) is 4.79 Å². The molecule has 110 valence electrons. The third-order valence-corrected chi connectivity index (χ3v) is 4.73. The van der Waals surface area contributed by atoms with Gasteiger partial charge in [-0.2, -0.15) is 0 Å². The Morgan fingerprint density at radius 3 is 2.85 bits per heavy atom. The molecule has 1 aliphatic carbocycles. The van der Waals surface area contributed by atoms with Crippen molar-refractivity contribution in [3.63, 3.8) is 0 Å². The Morgan fingerprint density at radius 2 is 2.25 bits per heavy atom. The second-order valence-electron chi connectivity index (χ2n) is 5.21. The van der Waals surface area contributed by atoms with E-state index in [1.165, 1.54) is 6.07 Å². The van der Waals surface area contributed by atoms with Gasteiger partial charge in [0, 0.05) is 18.2 Å². The molecule has 3 nitrogen and oxygen atoms in total. The first-order valence-electron chi connectivity index (χ1n) is 7.04. The van der Waals surface area contributed by atoms with Crippen LogP contribution in [0.3, 0.4) is 0 Å². The minimum absolute atomic E-state index is 0.107. The van der Waals surface area contributed by atoms with Crippen LogP contribution in [0.1, 0.15) is 36.5 Å². The molecule has 1 aliphatic rings. The van der Waals surface area contributed by atoms with Crippen molar-refractivity contribution in [3.05, 3.63) is 34.1 Å². The van der Waals surface area contributed by atoms with E-state index < -0.39 is 5.82 Å². The zero-order chi connectivity index (χ0) is 14.7. The van der Waals surface area contributed by atoms with Gasteiger partial charge in [0.2, 0.25) is 0 Å². The Kier molecular flexibility index (Phi) is 5.16. The van der Waals surface area contributed by atoms with Crippen LogP contribution in [0, 0.1) is 11.7 Å². The molecule has 2 rings (SSSR count). The van der Waals surface area contributed by atoms with Crippen LogP contribution in [0.5, 0.6) is 0 Å². The molecular weight excluding hydrogens is 323 g/mol. The van der Waals surface area contributed by atoms with Crippen molar-refractivity contribution in [3.8, 4) is 0 Å². The SMILES string of the molecule is CCN(C(=O)c1ccc(Br)c(F)c1)C1CCCC1CN. The summed E-state index contributed by atoms with van der Waals surface area (Å²) in [6.45, 7) is 3.18. The van der Waals surface area contributed by atoms with Gasteiger partial charge in [-0.15, -0.1) is 0 Å². The molecular formula is C15H20BrFN2O. The van der Waals surface area contributed by atoms with Gasteiger partial charge in [-0.25, -0.2) is 4.39 Å². The largest absolute Gasteiger partial charge is 0.336 e. The molecule has 0 spiro atoms. The van der Waals surface area contributed by atoms with Crippen molar-refractivity contribution in [1.82, 2.24) is 4.90 Å². The minimum atomic E-state index is -0.409. The first-order valence-corrected chi connectivity index (χ1v) is 7.83. The number of rotatable bonds is 4. The van der Waals surface area contributed by atoms with Crippen molar-refractivity contribution >= 4 is 21.8 Å². The summed E-state index contributed by atoms with van der Waals surface area (Å²) in [4.78, 5) is 14.4. The van der Waals surface area contributed by atoms with E-state index in [2.05, 4.69) is 15.9 Å². The number of carbonyl (C=O) groups is 1. The van der Waals surface area contributed by atoms with Crippen molar-refractivity contribution in [2.75, 3.05) is 13.1 Å². The van der Waals surface area contributed by atoms with E-state index >= 15 is 0 Å². The lowest BCUT2D eigenvalue weighted by Gasteiger charge is -2.32. The molecule has 20 heavy (non-hydrogen) atoms. The van der Waals surface area contributed by atoms with E-state index in [9.17, 15) is 9.18 Å². The van der Waals surface area contributed by atoms with E-state index in [4.69, 9.17) is 5.73 Å². The van der Waals surface area contributed by atoms with Crippen LogP contribution in [0.4, 0.5) is 4.39 Å². The standard InChI is InChI=1S/C15H20BrFN2O/c1-2-19(14-5-3-4-11(14)9-18)15(20)10-6-7-12(16)13(17)8-10/h6-8,11,14H,2-5,9,18H2,1H3. The molecule has 1 amide bonds. The first-order chi connectivity index (χ1) is 9.58. The van der Waals surface area contributed by atoms with Crippen LogP contribution < -0.4 is 5.73 Å². The summed E-state index contributed by atoms with van der Waals surface area (Å²) >= 11 is 3.10. The quantitative estimate of drug-likeness (QED) is 0.913. The van der Waals surface area contributed by atoms with Crippen LogP contribution in [-0.2, 0) is 0 Å². The molecule has 0 radical (unpaired) electrons. The topological polar surface area (TPSA) is 46.3 Å². The molecule has 5 heteroatoms. The number of nitrogens with zero attached hydrogens (tertiary/aromatic N) is 1. The maximum atomic E-state index is 13.6. The summed E-state index contributed by atoms with van der Waals surface area (Å²) in [7, 11) is 0. The van der Waals surface area contributed by atoms with E-state index in [1.807, 2.05) is 11.8 Å². The second kappa shape index (κ2) is 6.68. The van der Waals surface area contributed by atoms with Crippen LogP contribution in [0.25, 0.3) is 0 Å². The van der Waals surface area contributed by atoms with Gasteiger partial charge < -0.3 is 10.6 Å². The molecule has 2 N–H and O–H groups in total. The maximum absolute atomic E-state index is 13.6. The predicted octanol–water partition coefficient (Wildman–Crippen LogP) is 3.18. The molecule has 0 bridgehead atoms. The lowest BCUT2D eigenvalue weighted by molar-refractivity contribution is 0.0651. The Labute approximate surface area is 127 Å². The molecule has 0 saturated heterocycles. The Morgan fingerprint density at radius 1 is 1.50 bits per heavy atom. The van der Waals surface area contributed by atoms with Crippen molar-refractivity contribution in [2.24, 2.45) is 11.7 Å². The van der Waals surface area contributed by atoms with Crippen LogP contribution >= 0.6 is 15.9 Å². The van der Waals surface area contributed by atoms with Gasteiger partial charge in [-0.1, -0.05) is 6.42 Å². The highest BCUT2D eigenvalue weighted by Crippen LogP contribution is 2.30. The van der Waals surface area contributed by atoms with Crippen molar-refractivity contribution in [1.29, 1.82) is 0 Å². The van der Waals surface area contributed by atoms with Crippen LogP contribution in [0.2, 0.25) is 0 Å². The van der Waals surface area contributed by atoms with E-state index in [1.54, 1.807) is 12.1 Å². The third-order valence-electron chi connectivity index (χ3n) is 4.09. The van der Waals surface area contributed by atoms with Crippen molar-refractivity contribution < 1.29 is 9.18 Å². The Bertz CT molecular complexity index is 495. The summed E-state index contributed by atoms with van der Waals surface area (Å²) in [6, 6.07) is 4.71. The molecule has 2 atom stereocenters. The highest BCUT2D eigenvalue weighted by Gasteiger charge is 2.33. The smallest absolute Gasteiger partial charge is 0.254 e. The third kappa shape index (κ3) is 3.04. The fraction of sp³-hybridized carbons (Fsp3) is 0.533. The maximum Gasteiger partial charge on any atom is 0.254 e. The first kappa shape index (κ1) is 15.4. The number of amides is 1. The highest BCUT2D eigenvalue weighted by atomic mass is 79.9. The van der Waals surface area contributed by atoms with E-state index in [0.29, 0.717) is 29.0 Å². The fourth-order valence-corrected chi connectivity index (χ4v) is 3.27. The van der Waals surface area contributed by atoms with Gasteiger partial charge in [0.1, 0.15) is 5.82 Å². The summed E-state index contributed by atoms with van der Waals surface area (Å²) in [6.07, 6.45) is 3.16. The average Bonchev–Trinajstić information content (AvgIpc) is 2.91. The molecule has 0 aromatic heterocycles. The average molecular weight is 343 g/mol.